The number of nitrogens with zero attached hydrogens (tertiary/aromatic N) is 1. The number of aromatic amines is 1. The number of alkyl carbamates (subject to hydrolysis) is 1. The van der Waals surface area contributed by atoms with Crippen molar-refractivity contribution in [3.63, 3.8) is 0 Å². The lowest BCUT2D eigenvalue weighted by atomic mass is 9.86. The van der Waals surface area contributed by atoms with Crippen LogP contribution in [0.3, 0.4) is 0 Å². The van der Waals surface area contributed by atoms with Gasteiger partial charge in [0.05, 0.1) is 11.7 Å². The summed E-state index contributed by atoms with van der Waals surface area (Å²) in [7, 11) is 0. The Hall–Kier alpha value is -2.24. The van der Waals surface area contributed by atoms with Gasteiger partial charge in [0.25, 0.3) is 0 Å². The third-order valence-electron chi connectivity index (χ3n) is 3.67. The number of fused-ring (bicyclic) bond motifs is 1. The summed E-state index contributed by atoms with van der Waals surface area (Å²) in [4.78, 5) is 11.7. The van der Waals surface area contributed by atoms with E-state index in [1.165, 1.54) is 0 Å². The second-order valence-corrected chi connectivity index (χ2v) is 6.83. The summed E-state index contributed by atoms with van der Waals surface area (Å²) in [6.45, 7) is 5.59. The fourth-order valence-electron chi connectivity index (χ4n) is 2.60. The van der Waals surface area contributed by atoms with Crippen LogP contribution < -0.4 is 10.6 Å². The molecule has 3 N–H and O–H groups in total. The van der Waals surface area contributed by atoms with Crippen molar-refractivity contribution >= 4 is 22.7 Å². The minimum Gasteiger partial charge on any atom is -0.444 e. The molecule has 118 valence electrons. The monoisotopic (exact) mass is 302 g/mol. The lowest BCUT2D eigenvalue weighted by Crippen LogP contribution is -2.50. The van der Waals surface area contributed by atoms with Gasteiger partial charge in [-0.1, -0.05) is 0 Å². The molecule has 1 fully saturated rings. The Labute approximate surface area is 129 Å². The van der Waals surface area contributed by atoms with Crippen molar-refractivity contribution in [2.24, 2.45) is 0 Å². The van der Waals surface area contributed by atoms with Crippen molar-refractivity contribution in [3.8, 4) is 0 Å². The van der Waals surface area contributed by atoms with Gasteiger partial charge < -0.3 is 15.4 Å². The normalized spacial score (nSPS) is 21.2. The van der Waals surface area contributed by atoms with Crippen LogP contribution in [0, 0.1) is 0 Å². The number of nitrogens with one attached hydrogen (secondary N) is 3. The molecule has 6 nitrogen and oxygen atoms in total. The van der Waals surface area contributed by atoms with Gasteiger partial charge in [0.15, 0.2) is 0 Å². The van der Waals surface area contributed by atoms with E-state index < -0.39 is 5.60 Å². The van der Waals surface area contributed by atoms with Gasteiger partial charge in [-0.2, -0.15) is 5.10 Å². The second-order valence-electron chi connectivity index (χ2n) is 6.83. The number of carbonyl (C=O) groups excluding carboxylic acids is 1. The number of benzene rings is 1. The van der Waals surface area contributed by atoms with Crippen LogP contribution in [-0.2, 0) is 4.74 Å². The van der Waals surface area contributed by atoms with E-state index in [9.17, 15) is 4.79 Å². The average molecular weight is 302 g/mol. The molecular formula is C16H22N4O2. The van der Waals surface area contributed by atoms with E-state index in [0.717, 1.165) is 29.4 Å². The zero-order valence-corrected chi connectivity index (χ0v) is 13.1. The average Bonchev–Trinajstić information content (AvgIpc) is 2.81. The number of anilines is 1. The summed E-state index contributed by atoms with van der Waals surface area (Å²) in [5.74, 6) is 0. The largest absolute Gasteiger partial charge is 0.444 e. The zero-order chi connectivity index (χ0) is 15.7. The Morgan fingerprint density at radius 2 is 2.09 bits per heavy atom. The Bertz CT molecular complexity index is 668. The Morgan fingerprint density at radius 3 is 2.82 bits per heavy atom. The van der Waals surface area contributed by atoms with E-state index in [1.807, 2.05) is 39.1 Å². The number of hydrogen-bond acceptors (Lipinski definition) is 4. The molecule has 0 atom stereocenters. The molecule has 6 heteroatoms. The van der Waals surface area contributed by atoms with Gasteiger partial charge in [0, 0.05) is 23.2 Å². The maximum atomic E-state index is 11.7. The first kappa shape index (κ1) is 14.7. The number of amides is 1. The SMILES string of the molecule is CC(C)(C)OC(=O)NC1CC(Nc2ccc3[nH]ncc3c2)C1. The maximum absolute atomic E-state index is 11.7. The third kappa shape index (κ3) is 3.50. The number of aromatic nitrogens is 2. The minimum atomic E-state index is -0.453. The van der Waals surface area contributed by atoms with Crippen molar-refractivity contribution in [2.75, 3.05) is 5.32 Å². The van der Waals surface area contributed by atoms with E-state index in [4.69, 9.17) is 4.74 Å². The standard InChI is InChI=1S/C16H22N4O2/c1-16(2,3)22-15(21)19-13-7-12(8-13)18-11-4-5-14-10(6-11)9-17-20-14/h4-6,9,12-13,18H,7-8H2,1-3H3,(H,17,20)(H,19,21). The van der Waals surface area contributed by atoms with E-state index >= 15 is 0 Å². The highest BCUT2D eigenvalue weighted by molar-refractivity contribution is 5.81. The van der Waals surface area contributed by atoms with Crippen LogP contribution in [-0.4, -0.2) is 34.0 Å². The summed E-state index contributed by atoms with van der Waals surface area (Å²) in [6.07, 6.45) is 3.29. The van der Waals surface area contributed by atoms with E-state index in [1.54, 1.807) is 0 Å². The third-order valence-corrected chi connectivity index (χ3v) is 3.67. The smallest absolute Gasteiger partial charge is 0.407 e. The van der Waals surface area contributed by atoms with Crippen molar-refractivity contribution < 1.29 is 9.53 Å². The summed E-state index contributed by atoms with van der Waals surface area (Å²) in [5.41, 5.74) is 1.66. The summed E-state index contributed by atoms with van der Waals surface area (Å²) >= 11 is 0. The Balaban J connectivity index is 1.46. The van der Waals surface area contributed by atoms with Gasteiger partial charge in [0.2, 0.25) is 0 Å². The molecule has 1 heterocycles. The number of ether oxygens (including phenoxy) is 1. The van der Waals surface area contributed by atoms with Gasteiger partial charge in [-0.05, 0) is 51.8 Å². The molecule has 2 aromatic rings. The molecule has 1 saturated carbocycles. The number of hydrogen-bond donors (Lipinski definition) is 3. The molecule has 0 spiro atoms. The molecule has 0 radical (unpaired) electrons. The molecule has 1 aromatic carbocycles. The van der Waals surface area contributed by atoms with Crippen molar-refractivity contribution in [1.29, 1.82) is 0 Å². The molecule has 0 saturated heterocycles. The van der Waals surface area contributed by atoms with Crippen LogP contribution in [0.1, 0.15) is 33.6 Å². The molecule has 0 unspecified atom stereocenters. The summed E-state index contributed by atoms with van der Waals surface area (Å²) < 4.78 is 5.26. The zero-order valence-electron chi connectivity index (χ0n) is 13.1. The first-order valence-electron chi connectivity index (χ1n) is 7.58. The number of H-pyrrole nitrogens is 1. The first-order valence-corrected chi connectivity index (χ1v) is 7.58. The highest BCUT2D eigenvalue weighted by Crippen LogP contribution is 2.26. The highest BCUT2D eigenvalue weighted by Gasteiger charge is 2.31. The lowest BCUT2D eigenvalue weighted by Gasteiger charge is -2.37. The molecule has 1 aliphatic carbocycles. The van der Waals surface area contributed by atoms with Crippen molar-refractivity contribution in [2.45, 2.75) is 51.3 Å². The van der Waals surface area contributed by atoms with Crippen LogP contribution in [0.5, 0.6) is 0 Å². The van der Waals surface area contributed by atoms with Crippen molar-refractivity contribution in [3.05, 3.63) is 24.4 Å². The topological polar surface area (TPSA) is 79.0 Å². The first-order chi connectivity index (χ1) is 10.4. The van der Waals surface area contributed by atoms with E-state index in [-0.39, 0.29) is 12.1 Å². The highest BCUT2D eigenvalue weighted by atomic mass is 16.6. The minimum absolute atomic E-state index is 0.185. The Kier molecular flexibility index (Phi) is 3.68. The molecule has 3 rings (SSSR count). The van der Waals surface area contributed by atoms with Gasteiger partial charge in [-0.3, -0.25) is 5.10 Å². The lowest BCUT2D eigenvalue weighted by molar-refractivity contribution is 0.0475. The molecule has 1 amide bonds. The molecule has 1 aromatic heterocycles. The number of carbonyl (C=O) groups is 1. The van der Waals surface area contributed by atoms with Crippen LogP contribution >= 0.6 is 0 Å². The van der Waals surface area contributed by atoms with Gasteiger partial charge in [0.1, 0.15) is 5.60 Å². The predicted molar refractivity (Wildman–Crippen MR) is 85.9 cm³/mol. The quantitative estimate of drug-likeness (QED) is 0.814. The van der Waals surface area contributed by atoms with Crippen LogP contribution in [0.25, 0.3) is 10.9 Å². The Morgan fingerprint density at radius 1 is 1.32 bits per heavy atom. The van der Waals surface area contributed by atoms with Gasteiger partial charge in [-0.15, -0.1) is 0 Å². The van der Waals surface area contributed by atoms with E-state index in [0.29, 0.717) is 6.04 Å². The van der Waals surface area contributed by atoms with Crippen LogP contribution in [0.4, 0.5) is 10.5 Å². The molecule has 0 aliphatic heterocycles. The van der Waals surface area contributed by atoms with Gasteiger partial charge >= 0.3 is 6.09 Å². The fraction of sp³-hybridized carbons (Fsp3) is 0.500. The summed E-state index contributed by atoms with van der Waals surface area (Å²) in [6, 6.07) is 6.69. The fourth-order valence-corrected chi connectivity index (χ4v) is 2.60. The van der Waals surface area contributed by atoms with E-state index in [2.05, 4.69) is 26.9 Å². The molecule has 22 heavy (non-hydrogen) atoms. The predicted octanol–water partition coefficient (Wildman–Crippen LogP) is 3.03. The number of rotatable bonds is 3. The summed E-state index contributed by atoms with van der Waals surface area (Å²) in [5, 5.41) is 14.4. The van der Waals surface area contributed by atoms with Crippen LogP contribution in [0.2, 0.25) is 0 Å². The molecular weight excluding hydrogens is 280 g/mol. The second kappa shape index (κ2) is 5.51. The van der Waals surface area contributed by atoms with Crippen molar-refractivity contribution in [1.82, 2.24) is 15.5 Å². The maximum Gasteiger partial charge on any atom is 0.407 e. The van der Waals surface area contributed by atoms with Gasteiger partial charge in [-0.25, -0.2) is 4.79 Å². The molecule has 0 bridgehead atoms. The molecule has 1 aliphatic rings. The van der Waals surface area contributed by atoms with Crippen LogP contribution in [0.15, 0.2) is 24.4 Å².